The van der Waals surface area contributed by atoms with Crippen LogP contribution in [0.15, 0.2) is 42.6 Å². The maximum atomic E-state index is 12.6. The molecular formula is C22H22ClN7O2. The molecule has 164 valence electrons. The molecule has 0 spiro atoms. The van der Waals surface area contributed by atoms with Crippen molar-refractivity contribution in [1.82, 2.24) is 25.1 Å². The van der Waals surface area contributed by atoms with Gasteiger partial charge in [0, 0.05) is 37.0 Å². The van der Waals surface area contributed by atoms with E-state index in [9.17, 15) is 9.90 Å². The van der Waals surface area contributed by atoms with Crippen LogP contribution in [0.25, 0.3) is 22.6 Å². The summed E-state index contributed by atoms with van der Waals surface area (Å²) in [4.78, 5) is 27.0. The van der Waals surface area contributed by atoms with Crippen LogP contribution in [0.5, 0.6) is 0 Å². The Hall–Kier alpha value is -3.43. The quantitative estimate of drug-likeness (QED) is 0.368. The van der Waals surface area contributed by atoms with E-state index in [0.717, 1.165) is 42.8 Å². The maximum Gasteiger partial charge on any atom is 0.258 e. The number of H-pyrrole nitrogens is 2. The van der Waals surface area contributed by atoms with E-state index in [4.69, 9.17) is 11.6 Å². The third kappa shape index (κ3) is 4.17. The van der Waals surface area contributed by atoms with Gasteiger partial charge in [-0.25, -0.2) is 9.97 Å². The van der Waals surface area contributed by atoms with Crippen LogP contribution in [-0.2, 0) is 0 Å². The molecular weight excluding hydrogens is 430 g/mol. The molecule has 4 N–H and O–H groups in total. The van der Waals surface area contributed by atoms with Gasteiger partial charge in [-0.2, -0.15) is 5.10 Å². The minimum atomic E-state index is -0.294. The fraction of sp³-hybridized carbons (Fsp3) is 0.273. The van der Waals surface area contributed by atoms with Gasteiger partial charge in [-0.3, -0.25) is 9.89 Å². The molecule has 1 saturated heterocycles. The number of amides is 1. The number of nitrogens with one attached hydrogen (secondary N) is 3. The zero-order valence-corrected chi connectivity index (χ0v) is 17.9. The molecule has 9 nitrogen and oxygen atoms in total. The van der Waals surface area contributed by atoms with Crippen molar-refractivity contribution in [3.63, 3.8) is 0 Å². The smallest absolute Gasteiger partial charge is 0.258 e. The maximum absolute atomic E-state index is 12.6. The van der Waals surface area contributed by atoms with Crippen molar-refractivity contribution < 1.29 is 9.90 Å². The Morgan fingerprint density at radius 1 is 1.22 bits per heavy atom. The lowest BCUT2D eigenvalue weighted by Gasteiger charge is -2.31. The third-order valence-electron chi connectivity index (χ3n) is 5.73. The number of carbonyl (C=O) groups is 1. The minimum absolute atomic E-state index is 0.236. The van der Waals surface area contributed by atoms with Crippen molar-refractivity contribution in [2.24, 2.45) is 5.92 Å². The molecule has 5 rings (SSSR count). The van der Waals surface area contributed by atoms with Crippen molar-refractivity contribution in [3.8, 4) is 11.5 Å². The van der Waals surface area contributed by atoms with Gasteiger partial charge in [-0.05, 0) is 49.1 Å². The first kappa shape index (κ1) is 20.5. The van der Waals surface area contributed by atoms with Gasteiger partial charge < -0.3 is 20.3 Å². The highest BCUT2D eigenvalue weighted by molar-refractivity contribution is 6.31. The predicted octanol–water partition coefficient (Wildman–Crippen LogP) is 3.46. The van der Waals surface area contributed by atoms with Crippen LogP contribution in [0.2, 0.25) is 5.02 Å². The number of rotatable bonds is 5. The zero-order chi connectivity index (χ0) is 22.1. The number of anilines is 2. The van der Waals surface area contributed by atoms with Gasteiger partial charge >= 0.3 is 0 Å². The monoisotopic (exact) mass is 451 g/mol. The summed E-state index contributed by atoms with van der Waals surface area (Å²) in [6.45, 7) is 1.95. The highest BCUT2D eigenvalue weighted by Gasteiger charge is 2.20. The summed E-state index contributed by atoms with van der Waals surface area (Å²) < 4.78 is 0. The number of carbonyl (C=O) groups excluding carboxylic acids is 1. The molecule has 0 aliphatic carbocycles. The highest BCUT2D eigenvalue weighted by atomic mass is 35.5. The molecule has 32 heavy (non-hydrogen) atoms. The first-order valence-corrected chi connectivity index (χ1v) is 10.8. The van der Waals surface area contributed by atoms with E-state index < -0.39 is 0 Å². The summed E-state index contributed by atoms with van der Waals surface area (Å²) in [6, 6.07) is 10.8. The van der Waals surface area contributed by atoms with Gasteiger partial charge in [-0.1, -0.05) is 11.6 Å². The molecule has 1 fully saturated rings. The first-order chi connectivity index (χ1) is 15.6. The summed E-state index contributed by atoms with van der Waals surface area (Å²) in [5.41, 5.74) is 2.70. The van der Waals surface area contributed by atoms with E-state index >= 15 is 0 Å². The summed E-state index contributed by atoms with van der Waals surface area (Å²) >= 11 is 6.02. The summed E-state index contributed by atoms with van der Waals surface area (Å²) in [5, 5.41) is 19.7. The van der Waals surface area contributed by atoms with Gasteiger partial charge in [0.2, 0.25) is 0 Å². The summed E-state index contributed by atoms with van der Waals surface area (Å²) in [6.07, 6.45) is 3.46. The molecule has 0 bridgehead atoms. The van der Waals surface area contributed by atoms with E-state index in [-0.39, 0.29) is 12.5 Å². The number of aliphatic hydroxyl groups excluding tert-OH is 1. The van der Waals surface area contributed by atoms with Crippen molar-refractivity contribution in [2.45, 2.75) is 12.8 Å². The molecule has 1 aliphatic heterocycles. The molecule has 1 aliphatic rings. The SMILES string of the molecule is O=C(Nc1cc(-c2nc3cc(Cl)ccc3[nH]2)[nH]n1)c1ccc(N2CCC(CO)CC2)nc1. The van der Waals surface area contributed by atoms with Crippen molar-refractivity contribution in [3.05, 3.63) is 53.2 Å². The molecule has 4 aromatic rings. The molecule has 1 aromatic carbocycles. The number of aliphatic hydroxyl groups is 1. The average Bonchev–Trinajstić information content (AvgIpc) is 3.46. The molecule has 0 unspecified atom stereocenters. The van der Waals surface area contributed by atoms with Crippen molar-refractivity contribution in [2.75, 3.05) is 29.9 Å². The normalized spacial score (nSPS) is 14.8. The zero-order valence-electron chi connectivity index (χ0n) is 17.2. The molecule has 0 radical (unpaired) electrons. The summed E-state index contributed by atoms with van der Waals surface area (Å²) in [5.74, 6) is 1.90. The van der Waals surface area contributed by atoms with E-state index in [1.165, 1.54) is 0 Å². The highest BCUT2D eigenvalue weighted by Crippen LogP contribution is 2.24. The van der Waals surface area contributed by atoms with Gasteiger partial charge in [0.1, 0.15) is 11.5 Å². The minimum Gasteiger partial charge on any atom is -0.396 e. The Labute approximate surface area is 188 Å². The third-order valence-corrected chi connectivity index (χ3v) is 5.96. The van der Waals surface area contributed by atoms with Gasteiger partial charge in [0.15, 0.2) is 11.6 Å². The van der Waals surface area contributed by atoms with Crippen molar-refractivity contribution >= 4 is 40.2 Å². The van der Waals surface area contributed by atoms with Crippen molar-refractivity contribution in [1.29, 1.82) is 0 Å². The van der Waals surface area contributed by atoms with Crippen LogP contribution in [0, 0.1) is 5.92 Å². The second-order valence-corrected chi connectivity index (χ2v) is 8.32. The fourth-order valence-corrected chi connectivity index (χ4v) is 4.02. The van der Waals surface area contributed by atoms with Crippen LogP contribution < -0.4 is 10.2 Å². The molecule has 10 heteroatoms. The van der Waals surface area contributed by atoms with Crippen LogP contribution in [0.3, 0.4) is 0 Å². The van der Waals surface area contributed by atoms with Gasteiger partial charge in [0.25, 0.3) is 5.91 Å². The molecule has 3 aromatic heterocycles. The second-order valence-electron chi connectivity index (χ2n) is 7.89. The largest absolute Gasteiger partial charge is 0.396 e. The van der Waals surface area contributed by atoms with Gasteiger partial charge in [-0.15, -0.1) is 0 Å². The predicted molar refractivity (Wildman–Crippen MR) is 123 cm³/mol. The fourth-order valence-electron chi connectivity index (χ4n) is 3.85. The number of pyridine rings is 1. The number of aromatic amines is 2. The number of halogens is 1. The Morgan fingerprint density at radius 2 is 2.06 bits per heavy atom. The molecule has 1 amide bonds. The van der Waals surface area contributed by atoms with Crippen LogP contribution >= 0.6 is 11.6 Å². The Bertz CT molecular complexity index is 1240. The van der Waals surface area contributed by atoms with E-state index in [1.54, 1.807) is 30.5 Å². The first-order valence-electron chi connectivity index (χ1n) is 10.4. The number of benzene rings is 1. The van der Waals surface area contributed by atoms with E-state index in [1.807, 2.05) is 12.1 Å². The van der Waals surface area contributed by atoms with Crippen LogP contribution in [0.1, 0.15) is 23.2 Å². The number of piperidine rings is 1. The Morgan fingerprint density at radius 3 is 2.81 bits per heavy atom. The summed E-state index contributed by atoms with van der Waals surface area (Å²) in [7, 11) is 0. The number of imidazole rings is 1. The standard InChI is InChI=1S/C22H22ClN7O2/c23-15-2-3-16-17(9-15)26-21(25-16)18-10-19(29-28-18)27-22(32)14-1-4-20(24-11-14)30-7-5-13(12-31)6-8-30/h1-4,9-11,13,31H,5-8,12H2,(H,25,26)(H2,27,28,29,32). The lowest BCUT2D eigenvalue weighted by molar-refractivity contribution is 0.102. The van der Waals surface area contributed by atoms with Crippen LogP contribution in [-0.4, -0.2) is 55.9 Å². The van der Waals surface area contributed by atoms with Gasteiger partial charge in [0.05, 0.1) is 16.6 Å². The molecule has 4 heterocycles. The number of hydrogen-bond acceptors (Lipinski definition) is 6. The second kappa shape index (κ2) is 8.60. The topological polar surface area (TPSA) is 123 Å². The number of hydrogen-bond donors (Lipinski definition) is 4. The van der Waals surface area contributed by atoms with Crippen LogP contribution in [0.4, 0.5) is 11.6 Å². The number of nitrogens with zero attached hydrogens (tertiary/aromatic N) is 4. The van der Waals surface area contributed by atoms with E-state index in [0.29, 0.717) is 33.8 Å². The Kier molecular flexibility index (Phi) is 5.50. The average molecular weight is 452 g/mol. The molecule has 0 atom stereocenters. The van der Waals surface area contributed by atoms with E-state index in [2.05, 4.69) is 35.4 Å². The Balaban J connectivity index is 1.25. The lowest BCUT2D eigenvalue weighted by atomic mass is 9.98. The number of fused-ring (bicyclic) bond motifs is 1. The lowest BCUT2D eigenvalue weighted by Crippen LogP contribution is -2.35. The molecule has 0 saturated carbocycles. The number of aromatic nitrogens is 5.